The third kappa shape index (κ3) is 1.02. The third-order valence-corrected chi connectivity index (χ3v) is 2.44. The summed E-state index contributed by atoms with van der Waals surface area (Å²) in [6, 6.07) is 1.92. The van der Waals surface area contributed by atoms with Gasteiger partial charge in [-0.15, -0.1) is 0 Å². The molecule has 1 amide bonds. The quantitative estimate of drug-likeness (QED) is 0.676. The maximum absolute atomic E-state index is 11.0. The highest BCUT2D eigenvalue weighted by atomic mass is 16.3. The van der Waals surface area contributed by atoms with Crippen LogP contribution in [-0.2, 0) is 10.2 Å². The zero-order valence-electron chi connectivity index (χ0n) is 6.96. The van der Waals surface area contributed by atoms with E-state index >= 15 is 0 Å². The molecule has 0 radical (unpaired) electrons. The van der Waals surface area contributed by atoms with Crippen molar-refractivity contribution in [2.75, 3.05) is 6.54 Å². The molecule has 0 spiro atoms. The topological polar surface area (TPSA) is 42.2 Å². The predicted octanol–water partition coefficient (Wildman–Crippen LogP) is 1.06. The van der Waals surface area contributed by atoms with Gasteiger partial charge in [0, 0.05) is 18.4 Å². The summed E-state index contributed by atoms with van der Waals surface area (Å²) in [5, 5.41) is 2.82. The van der Waals surface area contributed by atoms with Gasteiger partial charge in [0.2, 0.25) is 5.91 Å². The van der Waals surface area contributed by atoms with Crippen LogP contribution in [0.5, 0.6) is 0 Å². The number of carbonyl (C=O) groups excluding carboxylic acids is 1. The van der Waals surface area contributed by atoms with Crippen molar-refractivity contribution in [3.63, 3.8) is 0 Å². The van der Waals surface area contributed by atoms with Crippen LogP contribution in [0.2, 0.25) is 0 Å². The molecule has 3 nitrogen and oxygen atoms in total. The van der Waals surface area contributed by atoms with Gasteiger partial charge in [-0.25, -0.2) is 0 Å². The highest BCUT2D eigenvalue weighted by molar-refractivity contribution is 5.80. The van der Waals surface area contributed by atoms with Gasteiger partial charge in [-0.3, -0.25) is 4.79 Å². The Morgan fingerprint density at radius 3 is 3.00 bits per heavy atom. The first kappa shape index (κ1) is 7.40. The number of nitrogens with one attached hydrogen (secondary N) is 1. The fraction of sp³-hybridized carbons (Fsp3) is 0.444. The predicted molar refractivity (Wildman–Crippen MR) is 43.7 cm³/mol. The lowest BCUT2D eigenvalue weighted by Gasteiger charge is -2.18. The first-order chi connectivity index (χ1) is 5.71. The maximum atomic E-state index is 11.0. The van der Waals surface area contributed by atoms with Gasteiger partial charge in [-0.1, -0.05) is 6.92 Å². The fourth-order valence-electron chi connectivity index (χ4n) is 1.59. The largest absolute Gasteiger partial charge is 0.472 e. The monoisotopic (exact) mass is 165 g/mol. The Morgan fingerprint density at radius 2 is 2.50 bits per heavy atom. The second-order valence-corrected chi connectivity index (χ2v) is 3.53. The summed E-state index contributed by atoms with van der Waals surface area (Å²) < 4.78 is 4.99. The molecule has 1 aliphatic rings. The van der Waals surface area contributed by atoms with Crippen molar-refractivity contribution in [1.29, 1.82) is 0 Å². The van der Waals surface area contributed by atoms with Gasteiger partial charge in [0.25, 0.3) is 0 Å². The number of hydrogen-bond donors (Lipinski definition) is 1. The van der Waals surface area contributed by atoms with Crippen molar-refractivity contribution >= 4 is 5.91 Å². The van der Waals surface area contributed by atoms with Crippen molar-refractivity contribution in [3.05, 3.63) is 24.2 Å². The van der Waals surface area contributed by atoms with Crippen LogP contribution in [0.4, 0.5) is 0 Å². The average Bonchev–Trinajstić information content (AvgIpc) is 2.59. The molecular weight excluding hydrogens is 154 g/mol. The number of carbonyl (C=O) groups is 1. The Hall–Kier alpha value is -1.25. The SMILES string of the molecule is CC1(c2ccoc2)CNC(=O)C1. The summed E-state index contributed by atoms with van der Waals surface area (Å²) in [5.74, 6) is 0.124. The van der Waals surface area contributed by atoms with Gasteiger partial charge in [-0.05, 0) is 11.6 Å². The number of hydrogen-bond acceptors (Lipinski definition) is 2. The lowest BCUT2D eigenvalue weighted by Crippen LogP contribution is -2.24. The Balaban J connectivity index is 2.28. The fourth-order valence-corrected chi connectivity index (χ4v) is 1.59. The smallest absolute Gasteiger partial charge is 0.220 e. The molecule has 1 saturated heterocycles. The normalized spacial score (nSPS) is 28.9. The molecule has 1 fully saturated rings. The van der Waals surface area contributed by atoms with Crippen LogP contribution in [0, 0.1) is 0 Å². The molecule has 1 N–H and O–H groups in total. The standard InChI is InChI=1S/C9H11NO2/c1-9(4-8(11)10-6-9)7-2-3-12-5-7/h2-3,5H,4,6H2,1H3,(H,10,11). The Kier molecular flexibility index (Phi) is 1.46. The van der Waals surface area contributed by atoms with E-state index in [0.29, 0.717) is 13.0 Å². The first-order valence-corrected chi connectivity index (χ1v) is 4.00. The molecule has 1 atom stereocenters. The molecular formula is C9H11NO2. The molecule has 0 aromatic carbocycles. The molecule has 0 aliphatic carbocycles. The number of furan rings is 1. The van der Waals surface area contributed by atoms with Gasteiger partial charge in [0.1, 0.15) is 0 Å². The van der Waals surface area contributed by atoms with Gasteiger partial charge >= 0.3 is 0 Å². The zero-order chi connectivity index (χ0) is 8.60. The van der Waals surface area contributed by atoms with Crippen LogP contribution in [0.1, 0.15) is 18.9 Å². The molecule has 1 unspecified atom stereocenters. The van der Waals surface area contributed by atoms with Crippen LogP contribution in [0.3, 0.4) is 0 Å². The Labute approximate surface area is 70.8 Å². The van der Waals surface area contributed by atoms with Crippen molar-refractivity contribution in [3.8, 4) is 0 Å². The molecule has 1 aromatic rings. The van der Waals surface area contributed by atoms with Crippen molar-refractivity contribution in [2.24, 2.45) is 0 Å². The number of amides is 1. The minimum atomic E-state index is -0.0654. The highest BCUT2D eigenvalue weighted by Crippen LogP contribution is 2.30. The van der Waals surface area contributed by atoms with E-state index in [4.69, 9.17) is 4.42 Å². The van der Waals surface area contributed by atoms with Crippen LogP contribution in [0.25, 0.3) is 0 Å². The van der Waals surface area contributed by atoms with E-state index in [1.807, 2.05) is 6.07 Å². The van der Waals surface area contributed by atoms with Gasteiger partial charge in [-0.2, -0.15) is 0 Å². The summed E-state index contributed by atoms with van der Waals surface area (Å²) in [6.07, 6.45) is 3.91. The lowest BCUT2D eigenvalue weighted by molar-refractivity contribution is -0.119. The highest BCUT2D eigenvalue weighted by Gasteiger charge is 2.35. The van der Waals surface area contributed by atoms with Gasteiger partial charge in [0.15, 0.2) is 0 Å². The van der Waals surface area contributed by atoms with Crippen molar-refractivity contribution in [2.45, 2.75) is 18.8 Å². The maximum Gasteiger partial charge on any atom is 0.220 e. The molecule has 1 aliphatic heterocycles. The molecule has 3 heteroatoms. The molecule has 12 heavy (non-hydrogen) atoms. The van der Waals surface area contributed by atoms with E-state index in [9.17, 15) is 4.79 Å². The van der Waals surface area contributed by atoms with Crippen LogP contribution in [0.15, 0.2) is 23.0 Å². The minimum Gasteiger partial charge on any atom is -0.472 e. The molecule has 2 rings (SSSR count). The molecule has 64 valence electrons. The van der Waals surface area contributed by atoms with Crippen LogP contribution < -0.4 is 5.32 Å². The van der Waals surface area contributed by atoms with E-state index in [1.165, 1.54) is 0 Å². The zero-order valence-corrected chi connectivity index (χ0v) is 6.96. The molecule has 2 heterocycles. The van der Waals surface area contributed by atoms with Crippen LogP contribution >= 0.6 is 0 Å². The van der Waals surface area contributed by atoms with Gasteiger partial charge in [0.05, 0.1) is 12.5 Å². The van der Waals surface area contributed by atoms with Gasteiger partial charge < -0.3 is 9.73 Å². The van der Waals surface area contributed by atoms with E-state index in [0.717, 1.165) is 5.56 Å². The van der Waals surface area contributed by atoms with Crippen LogP contribution in [-0.4, -0.2) is 12.5 Å². The molecule has 0 saturated carbocycles. The Morgan fingerprint density at radius 1 is 1.67 bits per heavy atom. The van der Waals surface area contributed by atoms with Crippen molar-refractivity contribution in [1.82, 2.24) is 5.32 Å². The van der Waals surface area contributed by atoms with E-state index < -0.39 is 0 Å². The summed E-state index contributed by atoms with van der Waals surface area (Å²) in [7, 11) is 0. The summed E-state index contributed by atoms with van der Waals surface area (Å²) in [5.41, 5.74) is 1.03. The number of rotatable bonds is 1. The summed E-state index contributed by atoms with van der Waals surface area (Å²) in [4.78, 5) is 11.0. The minimum absolute atomic E-state index is 0.0654. The Bertz CT molecular complexity index is 291. The lowest BCUT2D eigenvalue weighted by atomic mass is 9.83. The molecule has 0 bridgehead atoms. The second kappa shape index (κ2) is 2.37. The van der Waals surface area contributed by atoms with E-state index in [-0.39, 0.29) is 11.3 Å². The van der Waals surface area contributed by atoms with E-state index in [1.54, 1.807) is 12.5 Å². The van der Waals surface area contributed by atoms with E-state index in [2.05, 4.69) is 12.2 Å². The van der Waals surface area contributed by atoms with Crippen molar-refractivity contribution < 1.29 is 9.21 Å². The summed E-state index contributed by atoms with van der Waals surface area (Å²) >= 11 is 0. The molecule has 1 aromatic heterocycles. The summed E-state index contributed by atoms with van der Waals surface area (Å²) in [6.45, 7) is 2.78. The second-order valence-electron chi connectivity index (χ2n) is 3.53. The first-order valence-electron chi connectivity index (χ1n) is 4.00. The average molecular weight is 165 g/mol. The third-order valence-electron chi connectivity index (χ3n) is 2.44.